The number of benzene rings is 1. The number of allylic oxidation sites excluding steroid dienone is 3. The van der Waals surface area contributed by atoms with Crippen molar-refractivity contribution in [2.45, 2.75) is 25.1 Å². The zero-order valence-corrected chi connectivity index (χ0v) is 11.9. The largest absolute Gasteiger partial charge is 0.488 e. The van der Waals surface area contributed by atoms with E-state index in [4.69, 9.17) is 4.74 Å². The average molecular weight is 307 g/mol. The van der Waals surface area contributed by atoms with Crippen molar-refractivity contribution in [1.82, 2.24) is 0 Å². The lowest BCUT2D eigenvalue weighted by atomic mass is 9.86. The van der Waals surface area contributed by atoms with Crippen molar-refractivity contribution in [2.75, 3.05) is 6.54 Å². The molecule has 1 aromatic carbocycles. The topological polar surface area (TPSA) is 21.6 Å². The summed E-state index contributed by atoms with van der Waals surface area (Å²) in [5.74, 6) is 0.679. The Labute approximate surface area is 127 Å². The molecule has 2 aliphatic rings. The van der Waals surface area contributed by atoms with Gasteiger partial charge in [0.05, 0.1) is 12.1 Å². The van der Waals surface area contributed by atoms with Crippen molar-refractivity contribution in [1.29, 1.82) is 0 Å². The fourth-order valence-electron chi connectivity index (χ4n) is 2.79. The van der Waals surface area contributed by atoms with Crippen molar-refractivity contribution >= 4 is 6.21 Å². The Morgan fingerprint density at radius 2 is 1.91 bits per heavy atom. The molecule has 0 amide bonds. The molecule has 3 rings (SSSR count). The number of nitrogens with zero attached hydrogens (tertiary/aromatic N) is 1. The highest BCUT2D eigenvalue weighted by Crippen LogP contribution is 2.33. The predicted molar refractivity (Wildman–Crippen MR) is 79.2 cm³/mol. The van der Waals surface area contributed by atoms with E-state index < -0.39 is 11.7 Å². The van der Waals surface area contributed by atoms with Crippen molar-refractivity contribution in [3.63, 3.8) is 0 Å². The van der Waals surface area contributed by atoms with Gasteiger partial charge in [0, 0.05) is 18.6 Å². The van der Waals surface area contributed by atoms with Gasteiger partial charge in [-0.05, 0) is 30.7 Å². The molecule has 0 bridgehead atoms. The molecule has 0 saturated heterocycles. The SMILES string of the molecule is FC(F)(F)c1ccc(OC2CN=CCC3=CC=CCC32)cc1. The predicted octanol–water partition coefficient (Wildman–Crippen LogP) is 4.43. The van der Waals surface area contributed by atoms with Crippen molar-refractivity contribution in [3.05, 3.63) is 53.6 Å². The Morgan fingerprint density at radius 1 is 1.14 bits per heavy atom. The molecule has 22 heavy (non-hydrogen) atoms. The molecule has 0 radical (unpaired) electrons. The minimum absolute atomic E-state index is 0.147. The van der Waals surface area contributed by atoms with Crippen LogP contribution in [0.1, 0.15) is 18.4 Å². The van der Waals surface area contributed by atoms with E-state index in [0.29, 0.717) is 12.3 Å². The molecule has 0 fully saturated rings. The average Bonchev–Trinajstić information content (AvgIpc) is 2.70. The molecule has 5 heteroatoms. The van der Waals surface area contributed by atoms with E-state index in [9.17, 15) is 13.2 Å². The third-order valence-corrected chi connectivity index (χ3v) is 3.97. The second kappa shape index (κ2) is 5.99. The van der Waals surface area contributed by atoms with Gasteiger partial charge in [-0.25, -0.2) is 0 Å². The summed E-state index contributed by atoms with van der Waals surface area (Å²) in [7, 11) is 0. The third-order valence-electron chi connectivity index (χ3n) is 3.97. The maximum Gasteiger partial charge on any atom is 0.416 e. The monoisotopic (exact) mass is 307 g/mol. The van der Waals surface area contributed by atoms with Crippen molar-refractivity contribution in [2.24, 2.45) is 10.9 Å². The van der Waals surface area contributed by atoms with E-state index in [2.05, 4.69) is 17.1 Å². The number of aliphatic imine (C=N–C) groups is 1. The number of fused-ring (bicyclic) bond motifs is 1. The van der Waals surface area contributed by atoms with Crippen LogP contribution in [-0.2, 0) is 6.18 Å². The molecule has 116 valence electrons. The number of rotatable bonds is 2. The van der Waals surface area contributed by atoms with Gasteiger partial charge >= 0.3 is 6.18 Å². The van der Waals surface area contributed by atoms with Crippen LogP contribution < -0.4 is 4.74 Å². The van der Waals surface area contributed by atoms with Crippen LogP contribution in [-0.4, -0.2) is 18.9 Å². The lowest BCUT2D eigenvalue weighted by Gasteiger charge is -2.28. The second-order valence-electron chi connectivity index (χ2n) is 5.44. The highest BCUT2D eigenvalue weighted by atomic mass is 19.4. The van der Waals surface area contributed by atoms with Gasteiger partial charge in [-0.1, -0.05) is 23.8 Å². The lowest BCUT2D eigenvalue weighted by molar-refractivity contribution is -0.137. The maximum absolute atomic E-state index is 12.6. The van der Waals surface area contributed by atoms with Gasteiger partial charge in [-0.2, -0.15) is 13.2 Å². The Hall–Kier alpha value is -2.04. The first-order valence-corrected chi connectivity index (χ1v) is 7.22. The quantitative estimate of drug-likeness (QED) is 0.792. The molecular weight excluding hydrogens is 291 g/mol. The summed E-state index contributed by atoms with van der Waals surface area (Å²) in [5.41, 5.74) is 0.598. The fraction of sp³-hybridized carbons (Fsp3) is 0.353. The van der Waals surface area contributed by atoms with Crippen LogP contribution >= 0.6 is 0 Å². The molecule has 1 aromatic rings. The van der Waals surface area contributed by atoms with E-state index in [1.165, 1.54) is 17.7 Å². The Morgan fingerprint density at radius 3 is 2.64 bits per heavy atom. The summed E-state index contributed by atoms with van der Waals surface area (Å²) in [6, 6.07) is 4.85. The van der Waals surface area contributed by atoms with Crippen LogP contribution in [0.5, 0.6) is 5.75 Å². The summed E-state index contributed by atoms with van der Waals surface area (Å²) in [6.45, 7) is 0.525. The van der Waals surface area contributed by atoms with E-state index in [0.717, 1.165) is 25.0 Å². The smallest absolute Gasteiger partial charge is 0.416 e. The number of hydrogen-bond donors (Lipinski definition) is 0. The van der Waals surface area contributed by atoms with Gasteiger partial charge in [0.15, 0.2) is 0 Å². The van der Waals surface area contributed by atoms with E-state index in [-0.39, 0.29) is 12.0 Å². The number of alkyl halides is 3. The van der Waals surface area contributed by atoms with Crippen LogP contribution in [0.15, 0.2) is 53.1 Å². The van der Waals surface area contributed by atoms with E-state index in [1.54, 1.807) is 0 Å². The highest BCUT2D eigenvalue weighted by Gasteiger charge is 2.31. The lowest BCUT2D eigenvalue weighted by Crippen LogP contribution is -2.31. The molecule has 2 nitrogen and oxygen atoms in total. The highest BCUT2D eigenvalue weighted by molar-refractivity contribution is 5.62. The zero-order valence-electron chi connectivity index (χ0n) is 11.9. The van der Waals surface area contributed by atoms with Crippen LogP contribution in [0.3, 0.4) is 0 Å². The first-order chi connectivity index (χ1) is 10.5. The maximum atomic E-state index is 12.6. The van der Waals surface area contributed by atoms with Crippen LogP contribution in [0.2, 0.25) is 0 Å². The molecule has 2 atom stereocenters. The molecule has 0 saturated carbocycles. The minimum Gasteiger partial charge on any atom is -0.488 e. The molecule has 0 aromatic heterocycles. The summed E-state index contributed by atoms with van der Waals surface area (Å²) < 4.78 is 43.7. The van der Waals surface area contributed by atoms with Crippen LogP contribution in [0.25, 0.3) is 0 Å². The van der Waals surface area contributed by atoms with Crippen molar-refractivity contribution < 1.29 is 17.9 Å². The molecule has 1 heterocycles. The summed E-state index contributed by atoms with van der Waals surface area (Å²) in [6.07, 6.45) is 5.29. The molecule has 2 unspecified atom stereocenters. The molecule has 1 aliphatic carbocycles. The van der Waals surface area contributed by atoms with E-state index >= 15 is 0 Å². The van der Waals surface area contributed by atoms with Gasteiger partial charge in [-0.15, -0.1) is 0 Å². The Balaban J connectivity index is 1.75. The summed E-state index contributed by atoms with van der Waals surface area (Å²) in [4.78, 5) is 4.33. The molecule has 0 spiro atoms. The third kappa shape index (κ3) is 3.24. The number of ether oxygens (including phenoxy) is 1. The van der Waals surface area contributed by atoms with Gasteiger partial charge in [-0.3, -0.25) is 4.99 Å². The summed E-state index contributed by atoms with van der Waals surface area (Å²) >= 11 is 0. The second-order valence-corrected chi connectivity index (χ2v) is 5.44. The molecule has 1 aliphatic heterocycles. The van der Waals surface area contributed by atoms with Gasteiger partial charge < -0.3 is 4.74 Å². The zero-order chi connectivity index (χ0) is 15.6. The summed E-state index contributed by atoms with van der Waals surface area (Å²) in [5, 5.41) is 0. The fourth-order valence-corrected chi connectivity index (χ4v) is 2.79. The van der Waals surface area contributed by atoms with Crippen molar-refractivity contribution in [3.8, 4) is 5.75 Å². The first kappa shape index (κ1) is 14.9. The first-order valence-electron chi connectivity index (χ1n) is 7.22. The Kier molecular flexibility index (Phi) is 4.05. The van der Waals surface area contributed by atoms with Crippen LogP contribution in [0.4, 0.5) is 13.2 Å². The van der Waals surface area contributed by atoms with Gasteiger partial charge in [0.25, 0.3) is 0 Å². The number of halogens is 3. The standard InChI is InChI=1S/C17H16F3NO/c18-17(19,20)13-5-7-14(8-6-13)22-16-11-21-10-9-12-3-1-2-4-15(12)16/h1-3,5-8,10,15-16H,4,9,11H2. The van der Waals surface area contributed by atoms with E-state index in [1.807, 2.05) is 12.3 Å². The van der Waals surface area contributed by atoms with Gasteiger partial charge in [0.1, 0.15) is 11.9 Å². The Bertz CT molecular complexity index is 614. The molecule has 0 N–H and O–H groups in total. The molecular formula is C17H16F3NO. The number of hydrogen-bond acceptors (Lipinski definition) is 2. The van der Waals surface area contributed by atoms with Crippen LogP contribution in [0, 0.1) is 5.92 Å². The normalized spacial score (nSPS) is 24.4. The van der Waals surface area contributed by atoms with Gasteiger partial charge in [0.2, 0.25) is 0 Å². The minimum atomic E-state index is -4.32.